The third-order valence-corrected chi connectivity index (χ3v) is 3.98. The fraction of sp³-hybridized carbons (Fsp3) is 0.417. The molecule has 1 aromatic carbocycles. The smallest absolute Gasteiger partial charge is 0.240 e. The minimum absolute atomic E-state index is 0.0164. The van der Waals surface area contributed by atoms with E-state index in [1.807, 2.05) is 0 Å². The lowest BCUT2D eigenvalue weighted by atomic mass is 10.1. The molecule has 0 radical (unpaired) electrons. The highest BCUT2D eigenvalue weighted by atomic mass is 32.2. The van der Waals surface area contributed by atoms with Crippen LogP contribution in [0, 0.1) is 0 Å². The van der Waals surface area contributed by atoms with Crippen molar-refractivity contribution in [3.63, 3.8) is 0 Å². The first-order valence-corrected chi connectivity index (χ1v) is 7.14. The highest BCUT2D eigenvalue weighted by Gasteiger charge is 2.12. The standard InChI is InChI=1S/C12H18N2O3S/c1-4-13-18(16,17)11-7-5-10(6-8-11)9-12(15)14(2)3/h5-8,13H,4,9H2,1-3H3. The molecule has 1 N–H and O–H groups in total. The van der Waals surface area contributed by atoms with Crippen LogP contribution in [0.1, 0.15) is 12.5 Å². The fourth-order valence-corrected chi connectivity index (χ4v) is 2.43. The van der Waals surface area contributed by atoms with Crippen molar-refractivity contribution in [2.24, 2.45) is 0 Å². The zero-order valence-electron chi connectivity index (χ0n) is 10.8. The van der Waals surface area contributed by atoms with Crippen LogP contribution in [0.15, 0.2) is 29.2 Å². The van der Waals surface area contributed by atoms with Gasteiger partial charge in [-0.2, -0.15) is 0 Å². The van der Waals surface area contributed by atoms with Gasteiger partial charge >= 0.3 is 0 Å². The number of carbonyl (C=O) groups excluding carboxylic acids is 1. The second-order valence-electron chi connectivity index (χ2n) is 4.11. The van der Waals surface area contributed by atoms with Crippen LogP contribution in [0.3, 0.4) is 0 Å². The van der Waals surface area contributed by atoms with Crippen LogP contribution in [0.25, 0.3) is 0 Å². The van der Waals surface area contributed by atoms with Gasteiger partial charge in [-0.25, -0.2) is 13.1 Å². The molecular weight excluding hydrogens is 252 g/mol. The second kappa shape index (κ2) is 5.97. The molecule has 0 bridgehead atoms. The summed E-state index contributed by atoms with van der Waals surface area (Å²) in [5, 5.41) is 0. The van der Waals surface area contributed by atoms with Gasteiger partial charge in [-0.05, 0) is 17.7 Å². The van der Waals surface area contributed by atoms with Crippen molar-refractivity contribution in [2.45, 2.75) is 18.2 Å². The summed E-state index contributed by atoms with van der Waals surface area (Å²) in [5.41, 5.74) is 0.796. The van der Waals surface area contributed by atoms with Crippen molar-refractivity contribution in [1.29, 1.82) is 0 Å². The zero-order valence-corrected chi connectivity index (χ0v) is 11.6. The Bertz CT molecular complexity index is 507. The van der Waals surface area contributed by atoms with E-state index in [0.29, 0.717) is 6.54 Å². The molecule has 18 heavy (non-hydrogen) atoms. The van der Waals surface area contributed by atoms with Crippen molar-refractivity contribution >= 4 is 15.9 Å². The van der Waals surface area contributed by atoms with Crippen molar-refractivity contribution < 1.29 is 13.2 Å². The molecule has 1 rings (SSSR count). The predicted molar refractivity (Wildman–Crippen MR) is 69.7 cm³/mol. The van der Waals surface area contributed by atoms with Gasteiger partial charge < -0.3 is 4.90 Å². The summed E-state index contributed by atoms with van der Waals surface area (Å²) in [7, 11) is -0.0436. The first-order valence-electron chi connectivity index (χ1n) is 5.65. The third kappa shape index (κ3) is 3.82. The number of hydrogen-bond acceptors (Lipinski definition) is 3. The molecule has 0 aromatic heterocycles. The van der Waals surface area contributed by atoms with E-state index in [4.69, 9.17) is 0 Å². The van der Waals surface area contributed by atoms with E-state index in [2.05, 4.69) is 4.72 Å². The van der Waals surface area contributed by atoms with Crippen LogP contribution in [0.4, 0.5) is 0 Å². The maximum absolute atomic E-state index is 11.7. The van der Waals surface area contributed by atoms with Gasteiger partial charge in [0.05, 0.1) is 11.3 Å². The van der Waals surface area contributed by atoms with Gasteiger partial charge in [0.25, 0.3) is 0 Å². The number of amides is 1. The van der Waals surface area contributed by atoms with E-state index in [-0.39, 0.29) is 17.2 Å². The summed E-state index contributed by atoms with van der Waals surface area (Å²) in [4.78, 5) is 13.2. The first kappa shape index (κ1) is 14.7. The molecule has 0 saturated heterocycles. The highest BCUT2D eigenvalue weighted by Crippen LogP contribution is 2.11. The third-order valence-electron chi connectivity index (χ3n) is 2.42. The zero-order chi connectivity index (χ0) is 13.8. The van der Waals surface area contributed by atoms with Gasteiger partial charge in [0.2, 0.25) is 15.9 Å². The monoisotopic (exact) mass is 270 g/mol. The Labute approximate surface area is 108 Å². The molecule has 0 aliphatic heterocycles. The summed E-state index contributed by atoms with van der Waals surface area (Å²) in [6, 6.07) is 6.34. The number of carbonyl (C=O) groups is 1. The van der Waals surface area contributed by atoms with Crippen molar-refractivity contribution in [1.82, 2.24) is 9.62 Å². The molecule has 100 valence electrons. The topological polar surface area (TPSA) is 66.5 Å². The molecule has 0 aliphatic carbocycles. The molecule has 1 aromatic rings. The summed E-state index contributed by atoms with van der Waals surface area (Å²) < 4.78 is 25.8. The molecule has 5 nitrogen and oxygen atoms in total. The molecule has 0 aliphatic rings. The Balaban J connectivity index is 2.84. The van der Waals surface area contributed by atoms with Crippen molar-refractivity contribution in [3.8, 4) is 0 Å². The van der Waals surface area contributed by atoms with Gasteiger partial charge in [0, 0.05) is 20.6 Å². The van der Waals surface area contributed by atoms with E-state index in [9.17, 15) is 13.2 Å². The van der Waals surface area contributed by atoms with Gasteiger partial charge in [0.1, 0.15) is 0 Å². The van der Waals surface area contributed by atoms with Gasteiger partial charge in [-0.1, -0.05) is 19.1 Å². The predicted octanol–water partition coefficient (Wildman–Crippen LogP) is 0.615. The maximum atomic E-state index is 11.7. The Kier molecular flexibility index (Phi) is 4.86. The summed E-state index contributed by atoms with van der Waals surface area (Å²) in [5.74, 6) is -0.0164. The second-order valence-corrected chi connectivity index (χ2v) is 5.88. The number of sulfonamides is 1. The van der Waals surface area contributed by atoms with Gasteiger partial charge in [-0.15, -0.1) is 0 Å². The first-order chi connectivity index (χ1) is 8.36. The molecule has 0 heterocycles. The largest absolute Gasteiger partial charge is 0.349 e. The summed E-state index contributed by atoms with van der Waals surface area (Å²) in [6.07, 6.45) is 0.272. The Morgan fingerprint density at radius 1 is 1.22 bits per heavy atom. The van der Waals surface area contributed by atoms with Crippen LogP contribution in [0.5, 0.6) is 0 Å². The van der Waals surface area contributed by atoms with Gasteiger partial charge in [-0.3, -0.25) is 4.79 Å². The molecule has 0 atom stereocenters. The van der Waals surface area contributed by atoms with Crippen molar-refractivity contribution in [2.75, 3.05) is 20.6 Å². The lowest BCUT2D eigenvalue weighted by Crippen LogP contribution is -2.24. The molecule has 0 fully saturated rings. The quantitative estimate of drug-likeness (QED) is 0.852. The van der Waals surface area contributed by atoms with E-state index in [0.717, 1.165) is 5.56 Å². The Morgan fingerprint density at radius 3 is 2.22 bits per heavy atom. The molecule has 6 heteroatoms. The SMILES string of the molecule is CCNS(=O)(=O)c1ccc(CC(=O)N(C)C)cc1. The van der Waals surface area contributed by atoms with Crippen LogP contribution in [-0.2, 0) is 21.2 Å². The van der Waals surface area contributed by atoms with E-state index < -0.39 is 10.0 Å². The minimum atomic E-state index is -3.42. The minimum Gasteiger partial charge on any atom is -0.349 e. The Hall–Kier alpha value is -1.40. The number of nitrogens with zero attached hydrogens (tertiary/aromatic N) is 1. The van der Waals surface area contributed by atoms with Crippen LogP contribution in [0.2, 0.25) is 0 Å². The highest BCUT2D eigenvalue weighted by molar-refractivity contribution is 7.89. The number of benzene rings is 1. The van der Waals surface area contributed by atoms with E-state index in [1.165, 1.54) is 17.0 Å². The van der Waals surface area contributed by atoms with Crippen LogP contribution in [-0.4, -0.2) is 39.9 Å². The Morgan fingerprint density at radius 2 is 1.78 bits per heavy atom. The number of likely N-dealkylation sites (N-methyl/N-ethyl adjacent to an activating group) is 1. The number of nitrogens with one attached hydrogen (secondary N) is 1. The summed E-state index contributed by atoms with van der Waals surface area (Å²) in [6.45, 7) is 2.07. The lowest BCUT2D eigenvalue weighted by Gasteiger charge is -2.10. The van der Waals surface area contributed by atoms with Gasteiger partial charge in [0.15, 0.2) is 0 Å². The summed E-state index contributed by atoms with van der Waals surface area (Å²) >= 11 is 0. The molecular formula is C12H18N2O3S. The van der Waals surface area contributed by atoms with Crippen LogP contribution >= 0.6 is 0 Å². The van der Waals surface area contributed by atoms with E-state index in [1.54, 1.807) is 33.2 Å². The number of hydrogen-bond donors (Lipinski definition) is 1. The lowest BCUT2D eigenvalue weighted by molar-refractivity contribution is -0.127. The molecule has 1 amide bonds. The molecule has 0 saturated carbocycles. The number of rotatable bonds is 5. The average molecular weight is 270 g/mol. The molecule has 0 unspecified atom stereocenters. The normalized spacial score (nSPS) is 11.3. The van der Waals surface area contributed by atoms with E-state index >= 15 is 0 Å². The molecule has 0 spiro atoms. The average Bonchev–Trinajstić information content (AvgIpc) is 2.29. The van der Waals surface area contributed by atoms with Crippen molar-refractivity contribution in [3.05, 3.63) is 29.8 Å². The van der Waals surface area contributed by atoms with Crippen LogP contribution < -0.4 is 4.72 Å². The maximum Gasteiger partial charge on any atom is 0.240 e. The fourth-order valence-electron chi connectivity index (χ4n) is 1.39.